The van der Waals surface area contributed by atoms with E-state index in [1.54, 1.807) is 0 Å². The van der Waals surface area contributed by atoms with Crippen molar-refractivity contribution in [3.8, 4) is 0 Å². The highest BCUT2D eigenvalue weighted by molar-refractivity contribution is 5.94. The van der Waals surface area contributed by atoms with Crippen molar-refractivity contribution in [3.05, 3.63) is 50.7 Å². The number of aromatic amines is 1. The van der Waals surface area contributed by atoms with E-state index < -0.39 is 28.8 Å². The fraction of sp³-hybridized carbons (Fsp3) is 0.353. The maximum absolute atomic E-state index is 13.6. The molecule has 1 heterocycles. The minimum absolute atomic E-state index is 0.0413. The number of hydrogen-bond donors (Lipinski definition) is 3. The Bertz CT molecular complexity index is 955. The number of carbonyl (C=O) groups excluding carboxylic acids is 1. The first-order chi connectivity index (χ1) is 12.7. The molecule has 1 aromatic heterocycles. The zero-order chi connectivity index (χ0) is 20.1. The lowest BCUT2D eigenvalue weighted by Gasteiger charge is -2.21. The predicted molar refractivity (Wildman–Crippen MR) is 98.9 cm³/mol. The molecular formula is C17H21F2N5O3. The summed E-state index contributed by atoms with van der Waals surface area (Å²) in [7, 11) is 1.44. The van der Waals surface area contributed by atoms with E-state index in [0.717, 1.165) is 18.6 Å². The van der Waals surface area contributed by atoms with Crippen LogP contribution in [0.5, 0.6) is 0 Å². The number of halogens is 2. The van der Waals surface area contributed by atoms with Gasteiger partial charge < -0.3 is 16.0 Å². The van der Waals surface area contributed by atoms with E-state index in [0.29, 0.717) is 19.0 Å². The zero-order valence-corrected chi connectivity index (χ0v) is 15.0. The summed E-state index contributed by atoms with van der Waals surface area (Å²) in [5.74, 6) is -2.39. The minimum Gasteiger partial charge on any atom is -0.383 e. The Kier molecular flexibility index (Phi) is 6.32. The average Bonchev–Trinajstić information content (AvgIpc) is 2.57. The van der Waals surface area contributed by atoms with E-state index in [-0.39, 0.29) is 23.7 Å². The van der Waals surface area contributed by atoms with Gasteiger partial charge in [-0.3, -0.25) is 19.1 Å². The number of carbonyl (C=O) groups is 1. The van der Waals surface area contributed by atoms with Crippen molar-refractivity contribution < 1.29 is 13.6 Å². The van der Waals surface area contributed by atoms with Gasteiger partial charge in [-0.15, -0.1) is 0 Å². The van der Waals surface area contributed by atoms with Crippen LogP contribution in [0.2, 0.25) is 0 Å². The number of nitrogens with zero attached hydrogens (tertiary/aromatic N) is 2. The number of rotatable bonds is 7. The monoisotopic (exact) mass is 381 g/mol. The molecule has 4 N–H and O–H groups in total. The first-order valence-corrected chi connectivity index (χ1v) is 8.33. The van der Waals surface area contributed by atoms with Gasteiger partial charge in [-0.25, -0.2) is 13.6 Å². The van der Waals surface area contributed by atoms with Crippen LogP contribution < -0.4 is 27.2 Å². The summed E-state index contributed by atoms with van der Waals surface area (Å²) < 4.78 is 27.8. The number of anilines is 3. The van der Waals surface area contributed by atoms with Crippen LogP contribution in [-0.4, -0.2) is 29.1 Å². The molecule has 146 valence electrons. The van der Waals surface area contributed by atoms with Gasteiger partial charge in [0.15, 0.2) is 0 Å². The number of nitrogen functional groups attached to an aromatic ring is 1. The van der Waals surface area contributed by atoms with E-state index in [1.165, 1.54) is 16.5 Å². The summed E-state index contributed by atoms with van der Waals surface area (Å²) in [5.41, 5.74) is 4.38. The van der Waals surface area contributed by atoms with Crippen molar-refractivity contribution in [1.29, 1.82) is 0 Å². The highest BCUT2D eigenvalue weighted by Crippen LogP contribution is 2.17. The number of unbranched alkanes of at least 4 members (excludes halogenated alkanes) is 1. The van der Waals surface area contributed by atoms with Crippen molar-refractivity contribution >= 4 is 23.1 Å². The van der Waals surface area contributed by atoms with Crippen LogP contribution in [0.25, 0.3) is 0 Å². The topological polar surface area (TPSA) is 113 Å². The summed E-state index contributed by atoms with van der Waals surface area (Å²) in [5, 5.41) is 2.29. The molecule has 0 bridgehead atoms. The number of nitrogens with two attached hydrogens (primary N) is 1. The molecule has 2 rings (SSSR count). The van der Waals surface area contributed by atoms with E-state index in [9.17, 15) is 23.2 Å². The smallest absolute Gasteiger partial charge is 0.330 e. The third kappa shape index (κ3) is 4.72. The van der Waals surface area contributed by atoms with Crippen LogP contribution in [0, 0.1) is 11.6 Å². The van der Waals surface area contributed by atoms with E-state index >= 15 is 0 Å². The number of likely N-dealkylation sites (N-methyl/N-ethyl adjacent to an activating group) is 1. The van der Waals surface area contributed by atoms with Crippen LogP contribution in [-0.2, 0) is 11.3 Å². The Balaban J connectivity index is 2.22. The van der Waals surface area contributed by atoms with Gasteiger partial charge in [0.25, 0.3) is 5.56 Å². The van der Waals surface area contributed by atoms with Crippen LogP contribution >= 0.6 is 0 Å². The molecule has 1 amide bonds. The number of amides is 1. The van der Waals surface area contributed by atoms with Crippen molar-refractivity contribution in [1.82, 2.24) is 9.55 Å². The second kappa shape index (κ2) is 8.47. The lowest BCUT2D eigenvalue weighted by Crippen LogP contribution is -2.39. The molecule has 0 saturated carbocycles. The quantitative estimate of drug-likeness (QED) is 0.669. The van der Waals surface area contributed by atoms with Gasteiger partial charge in [-0.1, -0.05) is 13.3 Å². The van der Waals surface area contributed by atoms with Crippen LogP contribution in [0.3, 0.4) is 0 Å². The molecule has 2 aromatic rings. The summed E-state index contributed by atoms with van der Waals surface area (Å²) >= 11 is 0. The average molecular weight is 381 g/mol. The van der Waals surface area contributed by atoms with Crippen LogP contribution in [0.1, 0.15) is 19.8 Å². The number of benzene rings is 1. The Morgan fingerprint density at radius 2 is 2.04 bits per heavy atom. The molecule has 1 aromatic carbocycles. The van der Waals surface area contributed by atoms with Crippen LogP contribution in [0.15, 0.2) is 27.8 Å². The first kappa shape index (κ1) is 20.1. The second-order valence-electron chi connectivity index (χ2n) is 6.03. The molecule has 27 heavy (non-hydrogen) atoms. The molecule has 0 atom stereocenters. The van der Waals surface area contributed by atoms with E-state index in [4.69, 9.17) is 5.73 Å². The molecule has 0 aliphatic rings. The Morgan fingerprint density at radius 3 is 2.67 bits per heavy atom. The highest BCUT2D eigenvalue weighted by atomic mass is 19.1. The van der Waals surface area contributed by atoms with Gasteiger partial charge in [-0.2, -0.15) is 0 Å². The fourth-order valence-corrected chi connectivity index (χ4v) is 2.56. The Hall–Kier alpha value is -3.17. The Morgan fingerprint density at radius 1 is 1.33 bits per heavy atom. The highest BCUT2D eigenvalue weighted by Gasteiger charge is 2.18. The standard InChI is InChI=1S/C17H21F2N5O3/c1-3-4-7-24-15(20)14(16(26)22-17(24)27)23(2)9-13(25)21-12-6-5-10(18)8-11(12)19/h5-6,8H,3-4,7,9,20H2,1-2H3,(H,21,25)(H,22,26,27). The molecule has 0 saturated heterocycles. The molecule has 8 nitrogen and oxygen atoms in total. The maximum atomic E-state index is 13.6. The minimum atomic E-state index is -0.920. The van der Waals surface area contributed by atoms with Gasteiger partial charge in [0.05, 0.1) is 12.2 Å². The largest absolute Gasteiger partial charge is 0.383 e. The van der Waals surface area contributed by atoms with Gasteiger partial charge in [0, 0.05) is 19.7 Å². The molecule has 0 fully saturated rings. The summed E-state index contributed by atoms with van der Waals surface area (Å²) in [6, 6.07) is 2.75. The van der Waals surface area contributed by atoms with Gasteiger partial charge in [-0.05, 0) is 18.6 Å². The third-order valence-electron chi connectivity index (χ3n) is 3.92. The van der Waals surface area contributed by atoms with Crippen molar-refractivity contribution in [3.63, 3.8) is 0 Å². The van der Waals surface area contributed by atoms with Gasteiger partial charge in [0.1, 0.15) is 23.1 Å². The van der Waals surface area contributed by atoms with Crippen molar-refractivity contribution in [2.75, 3.05) is 29.5 Å². The van der Waals surface area contributed by atoms with Crippen LogP contribution in [0.4, 0.5) is 26.0 Å². The molecule has 0 aliphatic heterocycles. The number of hydrogen-bond acceptors (Lipinski definition) is 5. The maximum Gasteiger partial charge on any atom is 0.330 e. The lowest BCUT2D eigenvalue weighted by molar-refractivity contribution is -0.114. The zero-order valence-electron chi connectivity index (χ0n) is 15.0. The lowest BCUT2D eigenvalue weighted by atomic mass is 10.3. The molecule has 0 aliphatic carbocycles. The number of H-pyrrole nitrogens is 1. The van der Waals surface area contributed by atoms with Gasteiger partial charge in [0.2, 0.25) is 5.91 Å². The fourth-order valence-electron chi connectivity index (χ4n) is 2.56. The summed E-state index contributed by atoms with van der Waals surface area (Å²) in [6.45, 7) is 1.93. The normalized spacial score (nSPS) is 10.7. The molecule has 0 radical (unpaired) electrons. The van der Waals surface area contributed by atoms with E-state index in [1.807, 2.05) is 6.92 Å². The molecule has 10 heteroatoms. The van der Waals surface area contributed by atoms with Crippen molar-refractivity contribution in [2.24, 2.45) is 0 Å². The summed E-state index contributed by atoms with van der Waals surface area (Å²) in [4.78, 5) is 39.6. The third-order valence-corrected chi connectivity index (χ3v) is 3.92. The summed E-state index contributed by atoms with van der Waals surface area (Å²) in [6.07, 6.45) is 1.51. The number of aromatic nitrogens is 2. The van der Waals surface area contributed by atoms with Crippen molar-refractivity contribution in [2.45, 2.75) is 26.3 Å². The molecular weight excluding hydrogens is 360 g/mol. The molecule has 0 spiro atoms. The first-order valence-electron chi connectivity index (χ1n) is 8.33. The van der Waals surface area contributed by atoms with E-state index in [2.05, 4.69) is 10.3 Å². The van der Waals surface area contributed by atoms with Gasteiger partial charge >= 0.3 is 5.69 Å². The predicted octanol–water partition coefficient (Wildman–Crippen LogP) is 1.27. The molecule has 0 unspecified atom stereocenters. The Labute approximate surface area is 153 Å². The second-order valence-corrected chi connectivity index (χ2v) is 6.03. The SMILES string of the molecule is CCCCn1c(N)c(N(C)CC(=O)Nc2ccc(F)cc2F)c(=O)[nH]c1=O. The number of nitrogens with one attached hydrogen (secondary N) is 2.